The third-order valence-corrected chi connectivity index (χ3v) is 5.04. The number of rotatable bonds is 10. The molecule has 1 heterocycles. The number of amides is 1. The monoisotopic (exact) mass is 419 g/mol. The Morgan fingerprint density at radius 1 is 1.00 bits per heavy atom. The van der Waals surface area contributed by atoms with Gasteiger partial charge in [-0.25, -0.2) is 9.97 Å². The highest BCUT2D eigenvalue weighted by atomic mass is 16.5. The minimum atomic E-state index is 0.0184. The highest BCUT2D eigenvalue weighted by Gasteiger charge is 2.09. The molecule has 3 aromatic rings. The van der Waals surface area contributed by atoms with Gasteiger partial charge in [-0.05, 0) is 49.5 Å². The fourth-order valence-electron chi connectivity index (χ4n) is 3.24. The van der Waals surface area contributed by atoms with Crippen LogP contribution in [-0.2, 0) is 4.79 Å². The molecule has 31 heavy (non-hydrogen) atoms. The molecule has 7 heteroatoms. The third kappa shape index (κ3) is 6.26. The van der Waals surface area contributed by atoms with Crippen molar-refractivity contribution in [3.63, 3.8) is 0 Å². The molecule has 0 spiro atoms. The van der Waals surface area contributed by atoms with Gasteiger partial charge in [0, 0.05) is 36.0 Å². The van der Waals surface area contributed by atoms with Crippen LogP contribution >= 0.6 is 0 Å². The van der Waals surface area contributed by atoms with Crippen LogP contribution in [0.3, 0.4) is 0 Å². The van der Waals surface area contributed by atoms with Crippen molar-refractivity contribution in [3.05, 3.63) is 60.9 Å². The first-order valence-electron chi connectivity index (χ1n) is 10.5. The number of anilines is 3. The summed E-state index contributed by atoms with van der Waals surface area (Å²) < 4.78 is 5.43. The van der Waals surface area contributed by atoms with E-state index in [1.54, 1.807) is 7.11 Å². The summed E-state index contributed by atoms with van der Waals surface area (Å²) in [6.45, 7) is 6.87. The van der Waals surface area contributed by atoms with E-state index in [4.69, 9.17) is 4.74 Å². The summed E-state index contributed by atoms with van der Waals surface area (Å²) in [4.78, 5) is 23.1. The summed E-state index contributed by atoms with van der Waals surface area (Å²) in [7, 11) is 1.64. The summed E-state index contributed by atoms with van der Waals surface area (Å²) in [5.74, 6) is 1.45. The quantitative estimate of drug-likeness (QED) is 0.501. The molecule has 162 valence electrons. The highest BCUT2D eigenvalue weighted by Crippen LogP contribution is 2.29. The third-order valence-electron chi connectivity index (χ3n) is 5.04. The Morgan fingerprint density at radius 3 is 2.42 bits per heavy atom. The minimum Gasteiger partial charge on any atom is -0.496 e. The van der Waals surface area contributed by atoms with E-state index in [0.29, 0.717) is 12.2 Å². The summed E-state index contributed by atoms with van der Waals surface area (Å²) in [5, 5.41) is 6.22. The first-order chi connectivity index (χ1) is 15.1. The molecular weight excluding hydrogens is 390 g/mol. The lowest BCUT2D eigenvalue weighted by Crippen LogP contribution is -2.27. The van der Waals surface area contributed by atoms with Gasteiger partial charge in [0.05, 0.1) is 12.8 Å². The van der Waals surface area contributed by atoms with Crippen LogP contribution in [0, 0.1) is 0 Å². The maximum absolute atomic E-state index is 12.2. The zero-order chi connectivity index (χ0) is 22.1. The molecule has 0 unspecified atom stereocenters. The average Bonchev–Trinajstić information content (AvgIpc) is 2.81. The number of hydrogen-bond donors (Lipinski definition) is 2. The number of nitrogens with zero attached hydrogens (tertiary/aromatic N) is 3. The fraction of sp³-hybridized carbons (Fsp3) is 0.292. The van der Waals surface area contributed by atoms with E-state index in [1.165, 1.54) is 6.33 Å². The first-order valence-corrected chi connectivity index (χ1v) is 10.5. The Morgan fingerprint density at radius 2 is 1.71 bits per heavy atom. The highest BCUT2D eigenvalue weighted by molar-refractivity contribution is 5.91. The summed E-state index contributed by atoms with van der Waals surface area (Å²) in [6.07, 6.45) is 2.00. The summed E-state index contributed by atoms with van der Waals surface area (Å²) in [6, 6.07) is 17.2. The lowest BCUT2D eigenvalue weighted by molar-refractivity contribution is -0.116. The first kappa shape index (κ1) is 22.2. The lowest BCUT2D eigenvalue weighted by atomic mass is 10.1. The molecule has 0 saturated heterocycles. The normalized spacial score (nSPS) is 10.7. The molecule has 0 bridgehead atoms. The van der Waals surface area contributed by atoms with E-state index in [-0.39, 0.29) is 5.91 Å². The summed E-state index contributed by atoms with van der Waals surface area (Å²) in [5.41, 5.74) is 3.31. The van der Waals surface area contributed by atoms with Gasteiger partial charge in [0.25, 0.3) is 0 Å². The van der Waals surface area contributed by atoms with Gasteiger partial charge in [-0.3, -0.25) is 4.79 Å². The Kier molecular flexibility index (Phi) is 7.95. The van der Waals surface area contributed by atoms with Gasteiger partial charge in [-0.2, -0.15) is 0 Å². The molecular formula is C24H29N5O2. The van der Waals surface area contributed by atoms with Crippen molar-refractivity contribution in [3.8, 4) is 17.0 Å². The van der Waals surface area contributed by atoms with Gasteiger partial charge in [0.2, 0.25) is 5.91 Å². The fourth-order valence-corrected chi connectivity index (χ4v) is 3.24. The molecule has 1 aromatic heterocycles. The number of para-hydroxylation sites is 1. The van der Waals surface area contributed by atoms with Crippen LogP contribution in [0.1, 0.15) is 20.3 Å². The van der Waals surface area contributed by atoms with Crippen LogP contribution in [0.2, 0.25) is 0 Å². The molecule has 7 nitrogen and oxygen atoms in total. The van der Waals surface area contributed by atoms with Crippen LogP contribution < -0.4 is 15.4 Å². The Hall–Kier alpha value is -3.45. The second kappa shape index (κ2) is 11.1. The van der Waals surface area contributed by atoms with Crippen molar-refractivity contribution < 1.29 is 9.53 Å². The van der Waals surface area contributed by atoms with Gasteiger partial charge in [-0.1, -0.05) is 26.0 Å². The smallest absolute Gasteiger partial charge is 0.225 e. The van der Waals surface area contributed by atoms with Crippen LogP contribution in [-0.4, -0.2) is 47.5 Å². The zero-order valence-electron chi connectivity index (χ0n) is 18.3. The Balaban J connectivity index is 1.62. The Bertz CT molecular complexity index is 987. The molecule has 1 amide bonds. The molecule has 0 fully saturated rings. The predicted octanol–water partition coefficient (Wildman–Crippen LogP) is 4.57. The van der Waals surface area contributed by atoms with Crippen molar-refractivity contribution in [2.24, 2.45) is 0 Å². The molecule has 0 radical (unpaired) electrons. The minimum absolute atomic E-state index is 0.0184. The molecule has 0 aliphatic heterocycles. The topological polar surface area (TPSA) is 79.4 Å². The number of carbonyl (C=O) groups excluding carboxylic acids is 1. The second-order valence-corrected chi connectivity index (χ2v) is 7.02. The van der Waals surface area contributed by atoms with E-state index < -0.39 is 0 Å². The van der Waals surface area contributed by atoms with E-state index in [1.807, 2.05) is 54.6 Å². The molecule has 2 N–H and O–H groups in total. The van der Waals surface area contributed by atoms with Gasteiger partial charge in [0.15, 0.2) is 0 Å². The van der Waals surface area contributed by atoms with Gasteiger partial charge in [0.1, 0.15) is 17.9 Å². The Labute approximate surface area is 183 Å². The molecule has 0 atom stereocenters. The number of benzene rings is 2. The number of ether oxygens (including phenoxy) is 1. The molecule has 3 rings (SSSR count). The van der Waals surface area contributed by atoms with E-state index in [2.05, 4.69) is 39.3 Å². The standard InChI is InChI=1S/C24H29N5O2/c1-4-29(5-2)15-14-24(30)28-19-12-10-18(11-13-19)27-23-16-21(25-17-26-23)20-8-6-7-9-22(20)31-3/h6-13,16-17H,4-5,14-15H2,1-3H3,(H,28,30)(H,25,26,27). The van der Waals surface area contributed by atoms with Crippen LogP contribution in [0.5, 0.6) is 5.75 Å². The number of carbonyl (C=O) groups is 1. The number of aromatic nitrogens is 2. The van der Waals surface area contributed by atoms with Crippen molar-refractivity contribution in [1.82, 2.24) is 14.9 Å². The lowest BCUT2D eigenvalue weighted by Gasteiger charge is -2.17. The molecule has 0 aliphatic carbocycles. The number of methoxy groups -OCH3 is 1. The van der Waals surface area contributed by atoms with E-state index in [0.717, 1.165) is 48.0 Å². The molecule has 2 aromatic carbocycles. The zero-order valence-corrected chi connectivity index (χ0v) is 18.3. The average molecular weight is 420 g/mol. The van der Waals surface area contributed by atoms with Crippen LogP contribution in [0.25, 0.3) is 11.3 Å². The predicted molar refractivity (Wildman–Crippen MR) is 125 cm³/mol. The van der Waals surface area contributed by atoms with Crippen molar-refractivity contribution >= 4 is 23.1 Å². The van der Waals surface area contributed by atoms with E-state index >= 15 is 0 Å². The van der Waals surface area contributed by atoms with Gasteiger partial charge >= 0.3 is 0 Å². The van der Waals surface area contributed by atoms with Crippen LogP contribution in [0.15, 0.2) is 60.9 Å². The number of hydrogen-bond acceptors (Lipinski definition) is 6. The molecule has 0 saturated carbocycles. The maximum Gasteiger partial charge on any atom is 0.225 e. The van der Waals surface area contributed by atoms with Crippen molar-refractivity contribution in [2.45, 2.75) is 20.3 Å². The number of nitrogens with one attached hydrogen (secondary N) is 2. The largest absolute Gasteiger partial charge is 0.496 e. The maximum atomic E-state index is 12.2. The van der Waals surface area contributed by atoms with Crippen LogP contribution in [0.4, 0.5) is 17.2 Å². The van der Waals surface area contributed by atoms with Crippen molar-refractivity contribution in [2.75, 3.05) is 37.4 Å². The SMILES string of the molecule is CCN(CC)CCC(=O)Nc1ccc(Nc2cc(-c3ccccc3OC)ncn2)cc1. The molecule has 0 aliphatic rings. The van der Waals surface area contributed by atoms with Gasteiger partial charge in [-0.15, -0.1) is 0 Å². The second-order valence-electron chi connectivity index (χ2n) is 7.02. The van der Waals surface area contributed by atoms with E-state index in [9.17, 15) is 4.79 Å². The summed E-state index contributed by atoms with van der Waals surface area (Å²) >= 11 is 0. The van der Waals surface area contributed by atoms with Gasteiger partial charge < -0.3 is 20.3 Å². The van der Waals surface area contributed by atoms with Crippen molar-refractivity contribution in [1.29, 1.82) is 0 Å².